The van der Waals surface area contributed by atoms with E-state index in [-0.39, 0.29) is 6.04 Å². The van der Waals surface area contributed by atoms with Crippen LogP contribution in [0.15, 0.2) is 24.3 Å². The molecule has 0 spiro atoms. The summed E-state index contributed by atoms with van der Waals surface area (Å²) in [5.41, 5.74) is 8.38. The summed E-state index contributed by atoms with van der Waals surface area (Å²) < 4.78 is 0. The van der Waals surface area contributed by atoms with Crippen molar-refractivity contribution < 1.29 is 0 Å². The van der Waals surface area contributed by atoms with Crippen LogP contribution in [0.1, 0.15) is 31.4 Å². The Hall–Kier alpha value is -1.06. The van der Waals surface area contributed by atoms with E-state index in [0.717, 1.165) is 12.5 Å². The topological polar surface area (TPSA) is 32.5 Å². The van der Waals surface area contributed by atoms with Crippen molar-refractivity contribution in [3.05, 3.63) is 29.8 Å². The van der Waals surface area contributed by atoms with Crippen molar-refractivity contribution in [1.82, 2.24) is 4.90 Å². The Bertz CT molecular complexity index is 377. The van der Waals surface area contributed by atoms with Crippen molar-refractivity contribution in [1.29, 1.82) is 0 Å². The number of nitrogens with zero attached hydrogens (tertiary/aromatic N) is 2. The van der Waals surface area contributed by atoms with Crippen molar-refractivity contribution >= 4 is 5.69 Å². The monoisotopic (exact) mass is 261 g/mol. The van der Waals surface area contributed by atoms with Crippen LogP contribution in [0.3, 0.4) is 0 Å². The first-order chi connectivity index (χ1) is 9.06. The summed E-state index contributed by atoms with van der Waals surface area (Å²) in [4.78, 5) is 4.80. The van der Waals surface area contributed by atoms with Crippen LogP contribution in [0.2, 0.25) is 0 Å². The van der Waals surface area contributed by atoms with Gasteiger partial charge >= 0.3 is 0 Å². The Morgan fingerprint density at radius 2 is 1.84 bits per heavy atom. The van der Waals surface area contributed by atoms with E-state index in [1.165, 1.54) is 37.2 Å². The molecule has 0 aromatic heterocycles. The lowest BCUT2D eigenvalue weighted by atomic mass is 9.96. The van der Waals surface area contributed by atoms with E-state index in [4.69, 9.17) is 5.73 Å². The minimum atomic E-state index is 0.119. The average molecular weight is 261 g/mol. The van der Waals surface area contributed by atoms with E-state index >= 15 is 0 Å². The second-order valence-electron chi connectivity index (χ2n) is 6.01. The lowest BCUT2D eigenvalue weighted by Gasteiger charge is -2.32. The zero-order chi connectivity index (χ0) is 13.8. The summed E-state index contributed by atoms with van der Waals surface area (Å²) in [5.74, 6) is 0.828. The first-order valence-corrected chi connectivity index (χ1v) is 7.31. The molecular formula is C16H27N3. The van der Waals surface area contributed by atoms with Crippen molar-refractivity contribution in [2.24, 2.45) is 11.7 Å². The number of likely N-dealkylation sites (tertiary alicyclic amines) is 1. The van der Waals surface area contributed by atoms with Gasteiger partial charge in [0.1, 0.15) is 0 Å². The molecule has 2 N–H and O–H groups in total. The molecule has 1 fully saturated rings. The predicted octanol–water partition coefficient (Wildman–Crippen LogP) is 2.48. The van der Waals surface area contributed by atoms with Crippen LogP contribution in [0.5, 0.6) is 0 Å². The summed E-state index contributed by atoms with van der Waals surface area (Å²) in [6, 6.07) is 8.78. The van der Waals surface area contributed by atoms with Gasteiger partial charge in [-0.05, 0) is 63.5 Å². The van der Waals surface area contributed by atoms with Crippen molar-refractivity contribution in [2.45, 2.75) is 25.8 Å². The second-order valence-corrected chi connectivity index (χ2v) is 6.01. The van der Waals surface area contributed by atoms with Crippen molar-refractivity contribution in [3.63, 3.8) is 0 Å². The number of hydrogen-bond acceptors (Lipinski definition) is 3. The van der Waals surface area contributed by atoms with Crippen molar-refractivity contribution in [2.75, 3.05) is 38.6 Å². The highest BCUT2D eigenvalue weighted by Gasteiger charge is 2.18. The Balaban J connectivity index is 1.90. The molecule has 106 valence electrons. The first-order valence-electron chi connectivity index (χ1n) is 7.31. The number of rotatable bonds is 4. The quantitative estimate of drug-likeness (QED) is 0.904. The molecule has 1 aromatic carbocycles. The van der Waals surface area contributed by atoms with Crippen LogP contribution < -0.4 is 10.6 Å². The van der Waals surface area contributed by atoms with Gasteiger partial charge in [0.25, 0.3) is 0 Å². The van der Waals surface area contributed by atoms with Gasteiger partial charge in [-0.25, -0.2) is 0 Å². The number of piperidine rings is 1. The van der Waals surface area contributed by atoms with Crippen LogP contribution >= 0.6 is 0 Å². The lowest BCUT2D eigenvalue weighted by Crippen LogP contribution is -2.35. The molecule has 1 heterocycles. The van der Waals surface area contributed by atoms with Gasteiger partial charge in [-0.15, -0.1) is 0 Å². The molecule has 1 aliphatic rings. The van der Waals surface area contributed by atoms with E-state index in [1.54, 1.807) is 0 Å². The highest BCUT2D eigenvalue weighted by atomic mass is 15.1. The van der Waals surface area contributed by atoms with Crippen LogP contribution in [0.4, 0.5) is 5.69 Å². The van der Waals surface area contributed by atoms with Gasteiger partial charge in [0.05, 0.1) is 0 Å². The SMILES string of the molecule is C[C@@H](N)c1ccc(N(C)CC2CCN(C)CC2)cc1. The highest BCUT2D eigenvalue weighted by Crippen LogP contribution is 2.21. The smallest absolute Gasteiger partial charge is 0.0363 e. The summed E-state index contributed by atoms with van der Waals surface area (Å²) in [6.07, 6.45) is 2.64. The summed E-state index contributed by atoms with van der Waals surface area (Å²) in [7, 11) is 4.41. The summed E-state index contributed by atoms with van der Waals surface area (Å²) in [6.45, 7) is 5.66. The zero-order valence-corrected chi connectivity index (χ0v) is 12.5. The fourth-order valence-electron chi connectivity index (χ4n) is 2.77. The van der Waals surface area contributed by atoms with E-state index < -0.39 is 0 Å². The molecule has 3 nitrogen and oxygen atoms in total. The minimum absolute atomic E-state index is 0.119. The lowest BCUT2D eigenvalue weighted by molar-refractivity contribution is 0.222. The maximum atomic E-state index is 5.88. The Morgan fingerprint density at radius 1 is 1.26 bits per heavy atom. The number of hydrogen-bond donors (Lipinski definition) is 1. The van der Waals surface area contributed by atoms with Gasteiger partial charge in [-0.3, -0.25) is 0 Å². The molecule has 1 atom stereocenters. The molecule has 0 amide bonds. The number of benzene rings is 1. The third kappa shape index (κ3) is 3.95. The van der Waals surface area contributed by atoms with E-state index in [0.29, 0.717) is 0 Å². The van der Waals surface area contributed by atoms with E-state index in [2.05, 4.69) is 48.2 Å². The van der Waals surface area contributed by atoms with Gasteiger partial charge in [-0.2, -0.15) is 0 Å². The molecule has 0 unspecified atom stereocenters. The molecule has 19 heavy (non-hydrogen) atoms. The van der Waals surface area contributed by atoms with Crippen LogP contribution in [0.25, 0.3) is 0 Å². The third-order valence-electron chi connectivity index (χ3n) is 4.23. The third-order valence-corrected chi connectivity index (χ3v) is 4.23. The number of nitrogens with two attached hydrogens (primary N) is 1. The molecule has 1 aromatic rings. The molecule has 3 heteroatoms. The molecule has 2 rings (SSSR count). The fourth-order valence-corrected chi connectivity index (χ4v) is 2.77. The van der Waals surface area contributed by atoms with Crippen molar-refractivity contribution in [3.8, 4) is 0 Å². The highest BCUT2D eigenvalue weighted by molar-refractivity contribution is 5.47. The van der Waals surface area contributed by atoms with Crippen LogP contribution in [-0.2, 0) is 0 Å². The average Bonchev–Trinajstić information content (AvgIpc) is 2.41. The van der Waals surface area contributed by atoms with Crippen LogP contribution in [0, 0.1) is 5.92 Å². The molecule has 0 radical (unpaired) electrons. The summed E-state index contributed by atoms with van der Waals surface area (Å²) in [5, 5.41) is 0. The molecule has 0 bridgehead atoms. The molecule has 0 saturated carbocycles. The maximum absolute atomic E-state index is 5.88. The van der Waals surface area contributed by atoms with Crippen LogP contribution in [-0.4, -0.2) is 38.6 Å². The van der Waals surface area contributed by atoms with Gasteiger partial charge in [0.2, 0.25) is 0 Å². The first kappa shape index (κ1) is 14.4. The molecule has 1 aliphatic heterocycles. The maximum Gasteiger partial charge on any atom is 0.0363 e. The van der Waals surface area contributed by atoms with E-state index in [9.17, 15) is 0 Å². The van der Waals surface area contributed by atoms with Gasteiger partial charge < -0.3 is 15.5 Å². The Morgan fingerprint density at radius 3 is 2.37 bits per heavy atom. The van der Waals surface area contributed by atoms with Gasteiger partial charge in [0, 0.05) is 25.3 Å². The molecule has 0 aliphatic carbocycles. The largest absolute Gasteiger partial charge is 0.374 e. The molecular weight excluding hydrogens is 234 g/mol. The summed E-state index contributed by atoms with van der Waals surface area (Å²) >= 11 is 0. The van der Waals surface area contributed by atoms with Gasteiger partial charge in [0.15, 0.2) is 0 Å². The second kappa shape index (κ2) is 6.40. The molecule has 1 saturated heterocycles. The van der Waals surface area contributed by atoms with Gasteiger partial charge in [-0.1, -0.05) is 12.1 Å². The fraction of sp³-hybridized carbons (Fsp3) is 0.625. The number of anilines is 1. The minimum Gasteiger partial charge on any atom is -0.374 e. The normalized spacial score (nSPS) is 19.4. The predicted molar refractivity (Wildman–Crippen MR) is 82.5 cm³/mol. The Labute approximate surface area is 117 Å². The zero-order valence-electron chi connectivity index (χ0n) is 12.5. The van der Waals surface area contributed by atoms with E-state index in [1.807, 2.05) is 6.92 Å². The standard InChI is InChI=1S/C16H27N3/c1-13(17)15-4-6-16(7-5-15)19(3)12-14-8-10-18(2)11-9-14/h4-7,13-14H,8-12,17H2,1-3H3/t13-/m1/s1. The Kier molecular flexibility index (Phi) is 4.83.